The summed E-state index contributed by atoms with van der Waals surface area (Å²) in [6, 6.07) is 7.43. The van der Waals surface area contributed by atoms with Gasteiger partial charge in [0.15, 0.2) is 0 Å². The first-order valence-electron chi connectivity index (χ1n) is 7.61. The molecule has 0 aliphatic carbocycles. The quantitative estimate of drug-likeness (QED) is 0.521. The Morgan fingerprint density at radius 3 is 2.18 bits per heavy atom. The lowest BCUT2D eigenvalue weighted by atomic mass is 10.2. The Hall–Kier alpha value is -3.54. The molecule has 0 aromatic heterocycles. The maximum Gasteiger partial charge on any atom is 0.332 e. The molecular formula is C16H14FN3O7S. The third kappa shape index (κ3) is 5.48. The number of carbonyl (C=O) groups is 2. The highest BCUT2D eigenvalue weighted by atomic mass is 32.2. The van der Waals surface area contributed by atoms with Gasteiger partial charge >= 0.3 is 12.0 Å². The first-order valence-corrected chi connectivity index (χ1v) is 9.09. The molecule has 0 aliphatic heterocycles. The van der Waals surface area contributed by atoms with Gasteiger partial charge in [0.1, 0.15) is 12.4 Å². The van der Waals surface area contributed by atoms with Gasteiger partial charge in [-0.1, -0.05) is 12.1 Å². The van der Waals surface area contributed by atoms with E-state index in [1.165, 1.54) is 24.3 Å². The Bertz CT molecular complexity index is 992. The van der Waals surface area contributed by atoms with E-state index in [1.54, 1.807) is 4.72 Å². The normalized spacial score (nSPS) is 10.9. The van der Waals surface area contributed by atoms with E-state index in [-0.39, 0.29) is 17.1 Å². The summed E-state index contributed by atoms with van der Waals surface area (Å²) in [4.78, 5) is 33.7. The first kappa shape index (κ1) is 20.8. The summed E-state index contributed by atoms with van der Waals surface area (Å²) in [5.41, 5.74) is 0.151. The molecule has 148 valence electrons. The lowest BCUT2D eigenvalue weighted by molar-refractivity contribution is -0.384. The number of nitrogens with one attached hydrogen (secondary N) is 1. The van der Waals surface area contributed by atoms with Crippen LogP contribution in [0, 0.1) is 15.9 Å². The Kier molecular flexibility index (Phi) is 6.26. The zero-order valence-corrected chi connectivity index (χ0v) is 14.9. The van der Waals surface area contributed by atoms with Crippen molar-refractivity contribution in [3.05, 3.63) is 70.0 Å². The smallest absolute Gasteiger partial charge is 0.332 e. The molecule has 12 heteroatoms. The lowest BCUT2D eigenvalue weighted by Gasteiger charge is -2.21. The fraction of sp³-hybridized carbons (Fsp3) is 0.125. The van der Waals surface area contributed by atoms with Gasteiger partial charge in [-0.05, 0) is 29.8 Å². The summed E-state index contributed by atoms with van der Waals surface area (Å²) in [5.74, 6) is -2.06. The highest BCUT2D eigenvalue weighted by Crippen LogP contribution is 2.15. The van der Waals surface area contributed by atoms with Crippen LogP contribution in [0.4, 0.5) is 14.9 Å². The van der Waals surface area contributed by atoms with E-state index < -0.39 is 39.3 Å². The van der Waals surface area contributed by atoms with Gasteiger partial charge in [0, 0.05) is 18.7 Å². The second-order valence-electron chi connectivity index (χ2n) is 5.54. The number of nitro benzene ring substituents is 1. The van der Waals surface area contributed by atoms with E-state index in [0.717, 1.165) is 24.3 Å². The Labute approximate surface area is 158 Å². The largest absolute Gasteiger partial charge is 0.480 e. The fourth-order valence-electron chi connectivity index (χ4n) is 2.16. The van der Waals surface area contributed by atoms with Crippen LogP contribution in [0.15, 0.2) is 53.4 Å². The van der Waals surface area contributed by atoms with Gasteiger partial charge in [-0.2, -0.15) is 0 Å². The molecule has 2 N–H and O–H groups in total. The highest BCUT2D eigenvalue weighted by Gasteiger charge is 2.24. The average Bonchev–Trinajstić information content (AvgIpc) is 2.61. The summed E-state index contributed by atoms with van der Waals surface area (Å²) < 4.78 is 39.1. The summed E-state index contributed by atoms with van der Waals surface area (Å²) in [6.45, 7) is -1.13. The molecule has 0 aliphatic rings. The Balaban J connectivity index is 2.19. The number of aliphatic carboxylic acids is 1. The van der Waals surface area contributed by atoms with Crippen molar-refractivity contribution < 1.29 is 32.4 Å². The van der Waals surface area contributed by atoms with Crippen LogP contribution in [-0.2, 0) is 21.4 Å². The van der Waals surface area contributed by atoms with Crippen molar-refractivity contribution in [2.45, 2.75) is 11.4 Å². The number of carboxylic acid groups (broad SMARTS) is 1. The van der Waals surface area contributed by atoms with Crippen molar-refractivity contribution in [1.29, 1.82) is 0 Å². The molecule has 2 amide bonds. The Morgan fingerprint density at radius 2 is 1.68 bits per heavy atom. The van der Waals surface area contributed by atoms with Crippen LogP contribution >= 0.6 is 0 Å². The van der Waals surface area contributed by atoms with Gasteiger partial charge in [-0.15, -0.1) is 0 Å². The van der Waals surface area contributed by atoms with E-state index in [0.29, 0.717) is 10.5 Å². The summed E-state index contributed by atoms with van der Waals surface area (Å²) >= 11 is 0. The van der Waals surface area contributed by atoms with Crippen LogP contribution in [0.2, 0.25) is 0 Å². The molecule has 0 fully saturated rings. The standard InChI is InChI=1S/C16H14FN3O7S/c17-12-3-7-14(8-4-12)28(26,27)18-16(23)19(10-15(21)22)9-11-1-5-13(6-2-11)20(24)25/h1-8H,9-10H2,(H,18,23)(H,21,22). The predicted octanol–water partition coefficient (Wildman–Crippen LogP) is 1.72. The van der Waals surface area contributed by atoms with Gasteiger partial charge in [0.25, 0.3) is 15.7 Å². The topological polar surface area (TPSA) is 147 Å². The van der Waals surface area contributed by atoms with Gasteiger partial charge in [0.05, 0.1) is 9.82 Å². The Morgan fingerprint density at radius 1 is 1.11 bits per heavy atom. The van der Waals surface area contributed by atoms with Crippen molar-refractivity contribution in [2.75, 3.05) is 6.54 Å². The molecule has 0 saturated carbocycles. The van der Waals surface area contributed by atoms with Crippen LogP contribution in [0.1, 0.15) is 5.56 Å². The van der Waals surface area contributed by atoms with Crippen molar-refractivity contribution >= 4 is 27.7 Å². The average molecular weight is 411 g/mol. The van der Waals surface area contributed by atoms with Crippen LogP contribution in [0.25, 0.3) is 0 Å². The monoisotopic (exact) mass is 411 g/mol. The SMILES string of the molecule is O=C(O)CN(Cc1ccc([N+](=O)[O-])cc1)C(=O)NS(=O)(=O)c1ccc(F)cc1. The maximum atomic E-state index is 12.9. The minimum Gasteiger partial charge on any atom is -0.480 e. The number of non-ortho nitro benzene ring substituents is 1. The molecule has 0 heterocycles. The number of nitro groups is 1. The van der Waals surface area contributed by atoms with Crippen LogP contribution in [0.5, 0.6) is 0 Å². The summed E-state index contributed by atoms with van der Waals surface area (Å²) in [7, 11) is -4.36. The highest BCUT2D eigenvalue weighted by molar-refractivity contribution is 7.90. The molecule has 0 saturated heterocycles. The molecule has 2 aromatic rings. The molecule has 0 unspecified atom stereocenters. The molecule has 2 aromatic carbocycles. The number of carbonyl (C=O) groups excluding carboxylic acids is 1. The fourth-order valence-corrected chi connectivity index (χ4v) is 3.13. The minimum atomic E-state index is -4.36. The minimum absolute atomic E-state index is 0.197. The molecule has 0 atom stereocenters. The van der Waals surface area contributed by atoms with Crippen LogP contribution < -0.4 is 4.72 Å². The van der Waals surface area contributed by atoms with E-state index in [4.69, 9.17) is 5.11 Å². The number of hydrogen-bond donors (Lipinski definition) is 2. The second kappa shape index (κ2) is 8.43. The number of rotatable bonds is 7. The first-order chi connectivity index (χ1) is 13.1. The van der Waals surface area contributed by atoms with Crippen molar-refractivity contribution in [3.8, 4) is 0 Å². The van der Waals surface area contributed by atoms with E-state index >= 15 is 0 Å². The molecule has 28 heavy (non-hydrogen) atoms. The van der Waals surface area contributed by atoms with Gasteiger partial charge in [-0.25, -0.2) is 22.3 Å². The third-order valence-corrected chi connectivity index (χ3v) is 4.82. The molecule has 2 rings (SSSR count). The van der Waals surface area contributed by atoms with Crippen LogP contribution in [0.3, 0.4) is 0 Å². The number of halogens is 1. The predicted molar refractivity (Wildman–Crippen MR) is 93.3 cm³/mol. The van der Waals surface area contributed by atoms with Crippen molar-refractivity contribution in [1.82, 2.24) is 9.62 Å². The van der Waals surface area contributed by atoms with Crippen molar-refractivity contribution in [3.63, 3.8) is 0 Å². The molecule has 0 spiro atoms. The van der Waals surface area contributed by atoms with Gasteiger partial charge < -0.3 is 10.0 Å². The maximum absolute atomic E-state index is 12.9. The number of benzene rings is 2. The van der Waals surface area contributed by atoms with Crippen molar-refractivity contribution in [2.24, 2.45) is 0 Å². The van der Waals surface area contributed by atoms with E-state index in [1.807, 2.05) is 0 Å². The van der Waals surface area contributed by atoms with Gasteiger partial charge in [0.2, 0.25) is 0 Å². The zero-order valence-electron chi connectivity index (χ0n) is 14.1. The number of nitrogens with zero attached hydrogens (tertiary/aromatic N) is 2. The number of amides is 2. The summed E-state index contributed by atoms with van der Waals surface area (Å²) in [5, 5.41) is 19.6. The number of sulfonamides is 1. The molecule has 0 radical (unpaired) electrons. The number of urea groups is 1. The second-order valence-corrected chi connectivity index (χ2v) is 7.22. The number of carboxylic acids is 1. The van der Waals surface area contributed by atoms with E-state index in [2.05, 4.69) is 0 Å². The number of hydrogen-bond acceptors (Lipinski definition) is 6. The molecule has 0 bridgehead atoms. The molecule has 10 nitrogen and oxygen atoms in total. The summed E-state index contributed by atoms with van der Waals surface area (Å²) in [6.07, 6.45) is 0. The zero-order chi connectivity index (χ0) is 20.9. The lowest BCUT2D eigenvalue weighted by Crippen LogP contribution is -2.44. The molecular weight excluding hydrogens is 397 g/mol. The van der Waals surface area contributed by atoms with E-state index in [9.17, 15) is 32.5 Å². The van der Waals surface area contributed by atoms with Crippen LogP contribution in [-0.4, -0.2) is 41.9 Å². The third-order valence-electron chi connectivity index (χ3n) is 3.48. The van der Waals surface area contributed by atoms with Gasteiger partial charge in [-0.3, -0.25) is 14.9 Å².